The molecule has 188 valence electrons. The minimum atomic E-state index is -0.938. The maximum Gasteiger partial charge on any atom is 0.231 e. The van der Waals surface area contributed by atoms with Gasteiger partial charge in [-0.05, 0) is 24.3 Å². The van der Waals surface area contributed by atoms with E-state index in [4.69, 9.17) is 33.2 Å². The monoisotopic (exact) mass is 490 g/mol. The van der Waals surface area contributed by atoms with E-state index in [1.54, 1.807) is 0 Å². The maximum absolute atomic E-state index is 12.5. The van der Waals surface area contributed by atoms with Crippen LogP contribution in [0.5, 0.6) is 34.5 Å². The van der Waals surface area contributed by atoms with Gasteiger partial charge in [-0.2, -0.15) is 0 Å². The van der Waals surface area contributed by atoms with E-state index in [0.717, 1.165) is 0 Å². The number of Topliss-reactive ketones (excluding diaryl/α,β-unsaturated/α-hetero) is 4. The van der Waals surface area contributed by atoms with Crippen LogP contribution in [-0.4, -0.2) is 79.0 Å². The molecule has 0 aliphatic heterocycles. The van der Waals surface area contributed by atoms with Crippen molar-refractivity contribution in [2.24, 2.45) is 0 Å². The van der Waals surface area contributed by atoms with Gasteiger partial charge in [0.1, 0.15) is 13.2 Å². The van der Waals surface area contributed by atoms with Crippen LogP contribution in [0.4, 0.5) is 0 Å². The number of ether oxygens (including phenoxy) is 7. The molecule has 0 N–H and O–H groups in total. The molecule has 0 atom stereocenters. The van der Waals surface area contributed by atoms with Gasteiger partial charge in [0, 0.05) is 11.1 Å². The number of carbonyl (C=O) groups excluding carboxylic acids is 4. The van der Waals surface area contributed by atoms with Crippen molar-refractivity contribution in [2.45, 2.75) is 0 Å². The second-order valence-corrected chi connectivity index (χ2v) is 6.83. The van der Waals surface area contributed by atoms with Crippen LogP contribution < -0.4 is 28.4 Å². The molecule has 2 rings (SSSR count). The summed E-state index contributed by atoms with van der Waals surface area (Å²) in [4.78, 5) is 49.7. The topological polar surface area (TPSA) is 133 Å². The fourth-order valence-electron chi connectivity index (χ4n) is 3.11. The molecule has 0 radical (unpaired) electrons. The highest BCUT2D eigenvalue weighted by Crippen LogP contribution is 2.39. The van der Waals surface area contributed by atoms with Crippen LogP contribution in [0.15, 0.2) is 24.3 Å². The molecule has 0 saturated heterocycles. The van der Waals surface area contributed by atoms with Crippen LogP contribution in [0.3, 0.4) is 0 Å². The van der Waals surface area contributed by atoms with Gasteiger partial charge in [-0.3, -0.25) is 19.2 Å². The summed E-state index contributed by atoms with van der Waals surface area (Å²) in [5, 5.41) is 0. The fraction of sp³-hybridized carbons (Fsp3) is 0.333. The first-order chi connectivity index (χ1) is 16.8. The summed E-state index contributed by atoms with van der Waals surface area (Å²) < 4.78 is 36.1. The van der Waals surface area contributed by atoms with Crippen molar-refractivity contribution in [1.29, 1.82) is 0 Å². The molecule has 0 aromatic heterocycles. The number of hydrogen-bond acceptors (Lipinski definition) is 11. The lowest BCUT2D eigenvalue weighted by Crippen LogP contribution is -2.25. The van der Waals surface area contributed by atoms with Gasteiger partial charge in [0.15, 0.2) is 23.0 Å². The summed E-state index contributed by atoms with van der Waals surface area (Å²) in [6, 6.07) is 5.28. The summed E-state index contributed by atoms with van der Waals surface area (Å²) >= 11 is 0. The molecule has 0 aliphatic carbocycles. The molecule has 0 spiro atoms. The molecule has 0 heterocycles. The van der Waals surface area contributed by atoms with E-state index < -0.39 is 36.3 Å². The second-order valence-electron chi connectivity index (χ2n) is 6.83. The normalized spacial score (nSPS) is 10.2. The zero-order chi connectivity index (χ0) is 26.1. The van der Waals surface area contributed by atoms with E-state index in [2.05, 4.69) is 0 Å². The van der Waals surface area contributed by atoms with E-state index in [1.165, 1.54) is 66.9 Å². The predicted molar refractivity (Wildman–Crippen MR) is 122 cm³/mol. The lowest BCUT2D eigenvalue weighted by Gasteiger charge is -2.13. The van der Waals surface area contributed by atoms with Gasteiger partial charge >= 0.3 is 0 Å². The molecule has 2 aromatic carbocycles. The highest BCUT2D eigenvalue weighted by molar-refractivity contribution is 6.45. The van der Waals surface area contributed by atoms with Gasteiger partial charge in [0.05, 0.1) is 42.7 Å². The van der Waals surface area contributed by atoms with Crippen molar-refractivity contribution in [2.75, 3.05) is 55.9 Å². The van der Waals surface area contributed by atoms with Gasteiger partial charge < -0.3 is 33.2 Å². The molecule has 11 heteroatoms. The Morgan fingerprint density at radius 2 is 0.800 bits per heavy atom. The lowest BCUT2D eigenvalue weighted by molar-refractivity contribution is -0.124. The zero-order valence-electron chi connectivity index (χ0n) is 20.2. The molecular weight excluding hydrogens is 464 g/mol. The van der Waals surface area contributed by atoms with E-state index >= 15 is 0 Å². The smallest absolute Gasteiger partial charge is 0.231 e. The Labute approximate surface area is 201 Å². The third-order valence-electron chi connectivity index (χ3n) is 4.83. The largest absolute Gasteiger partial charge is 0.493 e. The van der Waals surface area contributed by atoms with Gasteiger partial charge in [-0.1, -0.05) is 0 Å². The first kappa shape index (κ1) is 27.1. The van der Waals surface area contributed by atoms with E-state index in [0.29, 0.717) is 0 Å². The van der Waals surface area contributed by atoms with E-state index in [9.17, 15) is 19.2 Å². The number of carbonyl (C=O) groups is 4. The maximum atomic E-state index is 12.5. The third-order valence-corrected chi connectivity index (χ3v) is 4.83. The first-order valence-electron chi connectivity index (χ1n) is 10.1. The molecule has 0 bridgehead atoms. The Morgan fingerprint density at radius 3 is 1.03 bits per heavy atom. The summed E-state index contributed by atoms with van der Waals surface area (Å²) in [6.45, 7) is -1.44. The summed E-state index contributed by atoms with van der Waals surface area (Å²) in [6.07, 6.45) is 0. The number of hydrogen-bond donors (Lipinski definition) is 0. The zero-order valence-corrected chi connectivity index (χ0v) is 20.2. The number of benzene rings is 2. The molecular formula is C24H26O11. The molecule has 0 unspecified atom stereocenters. The van der Waals surface area contributed by atoms with Gasteiger partial charge in [-0.25, -0.2) is 0 Å². The van der Waals surface area contributed by atoms with Gasteiger partial charge in [0.2, 0.25) is 34.6 Å². The van der Waals surface area contributed by atoms with Crippen LogP contribution in [0.25, 0.3) is 0 Å². The van der Waals surface area contributed by atoms with Crippen LogP contribution in [0.1, 0.15) is 20.7 Å². The first-order valence-corrected chi connectivity index (χ1v) is 10.1. The third kappa shape index (κ3) is 6.07. The fourth-order valence-corrected chi connectivity index (χ4v) is 3.11. The Morgan fingerprint density at radius 1 is 0.514 bits per heavy atom. The molecule has 2 aromatic rings. The minimum absolute atomic E-state index is 0.0204. The quantitative estimate of drug-likeness (QED) is 0.284. The molecule has 0 saturated carbocycles. The average Bonchev–Trinajstić information content (AvgIpc) is 2.89. The number of rotatable bonds is 14. The number of methoxy groups -OCH3 is 6. The minimum Gasteiger partial charge on any atom is -0.493 e. The van der Waals surface area contributed by atoms with Crippen molar-refractivity contribution in [3.63, 3.8) is 0 Å². The molecule has 0 fully saturated rings. The average molecular weight is 490 g/mol. The van der Waals surface area contributed by atoms with Crippen molar-refractivity contribution in [3.05, 3.63) is 35.4 Å². The van der Waals surface area contributed by atoms with Crippen molar-refractivity contribution >= 4 is 23.1 Å². The highest BCUT2D eigenvalue weighted by Gasteiger charge is 2.24. The Hall–Kier alpha value is -4.12. The van der Waals surface area contributed by atoms with Crippen molar-refractivity contribution < 1.29 is 52.3 Å². The Balaban J connectivity index is 2.07. The second kappa shape index (κ2) is 12.4. The van der Waals surface area contributed by atoms with Gasteiger partial charge in [0.25, 0.3) is 0 Å². The Kier molecular flexibility index (Phi) is 9.59. The van der Waals surface area contributed by atoms with Crippen LogP contribution in [0.2, 0.25) is 0 Å². The highest BCUT2D eigenvalue weighted by atomic mass is 16.5. The van der Waals surface area contributed by atoms with E-state index in [1.807, 2.05) is 0 Å². The molecule has 11 nitrogen and oxygen atoms in total. The molecule has 35 heavy (non-hydrogen) atoms. The number of ketones is 4. The molecule has 0 aliphatic rings. The SMILES string of the molecule is COc1cc(C(=O)C(=O)COCC(=O)C(=O)c2cc(OC)c(OC)c(OC)c2)cc(OC)c1OC. The predicted octanol–water partition coefficient (Wildman–Crippen LogP) is 1.96. The van der Waals surface area contributed by atoms with Crippen molar-refractivity contribution in [3.8, 4) is 34.5 Å². The summed E-state index contributed by atoms with van der Waals surface area (Å²) in [5.41, 5.74) is -0.0409. The van der Waals surface area contributed by atoms with E-state index in [-0.39, 0.29) is 45.6 Å². The summed E-state index contributed by atoms with van der Waals surface area (Å²) in [5.74, 6) is -2.40. The van der Waals surface area contributed by atoms with Gasteiger partial charge in [-0.15, -0.1) is 0 Å². The standard InChI is InChI=1S/C24H26O11/c1-29-17-7-13(8-18(30-2)23(17)33-5)21(27)15(25)11-35-12-16(26)22(28)14-9-19(31-3)24(34-6)20(10-14)32-4/h7-10H,11-12H2,1-6H3. The van der Waals surface area contributed by atoms with Crippen molar-refractivity contribution in [1.82, 2.24) is 0 Å². The van der Waals surface area contributed by atoms with Crippen LogP contribution in [-0.2, 0) is 14.3 Å². The summed E-state index contributed by atoms with van der Waals surface area (Å²) in [7, 11) is 8.27. The Bertz CT molecular complexity index is 983. The van der Waals surface area contributed by atoms with Crippen LogP contribution in [0, 0.1) is 0 Å². The van der Waals surface area contributed by atoms with Crippen LogP contribution >= 0.6 is 0 Å². The molecule has 0 amide bonds. The lowest BCUT2D eigenvalue weighted by atomic mass is 10.1.